The monoisotopic (exact) mass is 342 g/mol. The number of anilines is 1. The Balaban J connectivity index is 1.79. The molecule has 0 atom stereocenters. The highest BCUT2D eigenvalue weighted by atomic mass is 35.5. The second-order valence-electron chi connectivity index (χ2n) is 4.83. The summed E-state index contributed by atoms with van der Waals surface area (Å²) in [7, 11) is 0. The van der Waals surface area contributed by atoms with E-state index in [2.05, 4.69) is 10.6 Å². The lowest BCUT2D eigenvalue weighted by atomic mass is 10.2. The highest BCUT2D eigenvalue weighted by Crippen LogP contribution is 2.29. The van der Waals surface area contributed by atoms with Gasteiger partial charge in [-0.3, -0.25) is 4.79 Å². The first-order valence-electron chi connectivity index (χ1n) is 6.77. The Labute approximate surface area is 136 Å². The molecule has 23 heavy (non-hydrogen) atoms. The van der Waals surface area contributed by atoms with Gasteiger partial charge in [0.05, 0.1) is 12.1 Å². The number of carbonyl (C=O) groups excluding carboxylic acids is 1. The first kappa shape index (κ1) is 17.1. The van der Waals surface area contributed by atoms with Crippen LogP contribution in [-0.4, -0.2) is 12.5 Å². The zero-order chi connectivity index (χ0) is 16.9. The number of rotatable bonds is 5. The van der Waals surface area contributed by atoms with Crippen LogP contribution in [0.4, 0.5) is 18.9 Å². The number of benzene rings is 2. The molecular weight excluding hydrogens is 329 g/mol. The molecule has 7 heteroatoms. The highest BCUT2D eigenvalue weighted by Gasteiger charge is 2.29. The predicted molar refractivity (Wildman–Crippen MR) is 83.2 cm³/mol. The molecule has 0 aliphatic heterocycles. The molecule has 0 saturated heterocycles. The third-order valence-electron chi connectivity index (χ3n) is 3.07. The zero-order valence-corrected chi connectivity index (χ0v) is 12.7. The van der Waals surface area contributed by atoms with Crippen LogP contribution in [0, 0.1) is 0 Å². The fraction of sp³-hybridized carbons (Fsp3) is 0.188. The Bertz CT molecular complexity index is 655. The maximum absolute atomic E-state index is 12.4. The van der Waals surface area contributed by atoms with E-state index in [9.17, 15) is 18.0 Å². The van der Waals surface area contributed by atoms with E-state index in [0.29, 0.717) is 17.3 Å². The van der Waals surface area contributed by atoms with Crippen LogP contribution in [0.2, 0.25) is 5.02 Å². The summed E-state index contributed by atoms with van der Waals surface area (Å²) in [4.78, 5) is 11.7. The molecule has 122 valence electrons. The Morgan fingerprint density at radius 2 is 1.61 bits per heavy atom. The Hall–Kier alpha value is -2.21. The molecule has 0 aromatic heterocycles. The second-order valence-corrected chi connectivity index (χ2v) is 5.27. The molecule has 2 N–H and O–H groups in total. The van der Waals surface area contributed by atoms with Gasteiger partial charge in [0, 0.05) is 17.3 Å². The van der Waals surface area contributed by atoms with E-state index in [1.165, 1.54) is 12.1 Å². The van der Waals surface area contributed by atoms with Crippen molar-refractivity contribution in [2.75, 3.05) is 11.9 Å². The topological polar surface area (TPSA) is 41.1 Å². The summed E-state index contributed by atoms with van der Waals surface area (Å²) in [5.41, 5.74) is 0.618. The molecule has 0 heterocycles. The minimum Gasteiger partial charge on any atom is -0.376 e. The lowest BCUT2D eigenvalue weighted by molar-refractivity contribution is -0.137. The minimum absolute atomic E-state index is 0.0288. The molecular formula is C16H14ClF3N2O. The molecule has 0 bridgehead atoms. The zero-order valence-electron chi connectivity index (χ0n) is 12.0. The summed E-state index contributed by atoms with van der Waals surface area (Å²) in [6.07, 6.45) is -4.37. The van der Waals surface area contributed by atoms with Gasteiger partial charge in [0.2, 0.25) is 5.91 Å². The van der Waals surface area contributed by atoms with Crippen molar-refractivity contribution >= 4 is 23.2 Å². The van der Waals surface area contributed by atoms with Crippen molar-refractivity contribution in [2.45, 2.75) is 12.7 Å². The van der Waals surface area contributed by atoms with Gasteiger partial charge in [0.15, 0.2) is 0 Å². The Morgan fingerprint density at radius 3 is 2.17 bits per heavy atom. The molecule has 2 rings (SSSR count). The van der Waals surface area contributed by atoms with Gasteiger partial charge < -0.3 is 10.6 Å². The SMILES string of the molecule is O=C(CNc1ccc(C(F)(F)F)cc1)NCc1ccc(Cl)cc1. The maximum atomic E-state index is 12.4. The Kier molecular flexibility index (Phi) is 5.50. The van der Waals surface area contributed by atoms with Crippen molar-refractivity contribution in [3.05, 3.63) is 64.7 Å². The summed E-state index contributed by atoms with van der Waals surface area (Å²) in [5.74, 6) is -0.264. The molecule has 1 amide bonds. The summed E-state index contributed by atoms with van der Waals surface area (Å²) in [6.45, 7) is 0.323. The van der Waals surface area contributed by atoms with Crippen LogP contribution in [-0.2, 0) is 17.5 Å². The number of amides is 1. The largest absolute Gasteiger partial charge is 0.416 e. The van der Waals surface area contributed by atoms with Crippen LogP contribution in [0.1, 0.15) is 11.1 Å². The molecule has 0 aliphatic rings. The summed E-state index contributed by atoms with van der Waals surface area (Å²) in [6, 6.07) is 11.6. The van der Waals surface area contributed by atoms with Gasteiger partial charge in [0.25, 0.3) is 0 Å². The lowest BCUT2D eigenvalue weighted by Crippen LogP contribution is -2.29. The number of alkyl halides is 3. The molecule has 0 aliphatic carbocycles. The van der Waals surface area contributed by atoms with Crippen molar-refractivity contribution in [3.8, 4) is 0 Å². The van der Waals surface area contributed by atoms with Crippen LogP contribution < -0.4 is 10.6 Å². The van der Waals surface area contributed by atoms with Crippen molar-refractivity contribution in [2.24, 2.45) is 0 Å². The summed E-state index contributed by atoms with van der Waals surface area (Å²) >= 11 is 5.76. The van der Waals surface area contributed by atoms with Crippen LogP contribution in [0.15, 0.2) is 48.5 Å². The predicted octanol–water partition coefficient (Wildman–Crippen LogP) is 4.09. The van der Waals surface area contributed by atoms with Crippen molar-refractivity contribution in [3.63, 3.8) is 0 Å². The van der Waals surface area contributed by atoms with E-state index < -0.39 is 11.7 Å². The van der Waals surface area contributed by atoms with Crippen LogP contribution in [0.5, 0.6) is 0 Å². The standard InChI is InChI=1S/C16H14ClF3N2O/c17-13-5-1-11(2-6-13)9-22-15(23)10-21-14-7-3-12(4-8-14)16(18,19)20/h1-8,21H,9-10H2,(H,22,23). The fourth-order valence-corrected chi connectivity index (χ4v) is 1.95. The van der Waals surface area contributed by atoms with E-state index in [0.717, 1.165) is 17.7 Å². The van der Waals surface area contributed by atoms with Crippen molar-refractivity contribution < 1.29 is 18.0 Å². The van der Waals surface area contributed by atoms with Gasteiger partial charge in [-0.2, -0.15) is 13.2 Å². The van der Waals surface area contributed by atoms with E-state index >= 15 is 0 Å². The average molecular weight is 343 g/mol. The number of nitrogens with one attached hydrogen (secondary N) is 2. The van der Waals surface area contributed by atoms with Gasteiger partial charge in [-0.1, -0.05) is 23.7 Å². The number of halogens is 4. The molecule has 0 fully saturated rings. The molecule has 0 spiro atoms. The minimum atomic E-state index is -4.37. The van der Waals surface area contributed by atoms with Crippen molar-refractivity contribution in [1.82, 2.24) is 5.32 Å². The van der Waals surface area contributed by atoms with E-state index in [4.69, 9.17) is 11.6 Å². The first-order valence-corrected chi connectivity index (χ1v) is 7.14. The van der Waals surface area contributed by atoms with Crippen LogP contribution in [0.3, 0.4) is 0 Å². The van der Waals surface area contributed by atoms with Gasteiger partial charge in [-0.15, -0.1) is 0 Å². The molecule has 0 unspecified atom stereocenters. The average Bonchev–Trinajstić information content (AvgIpc) is 2.52. The van der Waals surface area contributed by atoms with Gasteiger partial charge in [-0.05, 0) is 42.0 Å². The van der Waals surface area contributed by atoms with Crippen LogP contribution in [0.25, 0.3) is 0 Å². The fourth-order valence-electron chi connectivity index (χ4n) is 1.82. The number of hydrogen-bond donors (Lipinski definition) is 2. The van der Waals surface area contributed by atoms with Gasteiger partial charge in [0.1, 0.15) is 0 Å². The maximum Gasteiger partial charge on any atom is 0.416 e. The number of hydrogen-bond acceptors (Lipinski definition) is 2. The smallest absolute Gasteiger partial charge is 0.376 e. The van der Waals surface area contributed by atoms with Crippen LogP contribution >= 0.6 is 11.6 Å². The van der Waals surface area contributed by atoms with E-state index in [1.54, 1.807) is 24.3 Å². The summed E-state index contributed by atoms with van der Waals surface area (Å²) in [5, 5.41) is 6.08. The van der Waals surface area contributed by atoms with Gasteiger partial charge >= 0.3 is 6.18 Å². The molecule has 0 radical (unpaired) electrons. The second kappa shape index (κ2) is 7.37. The molecule has 0 saturated carbocycles. The number of carbonyl (C=O) groups is 1. The third kappa shape index (κ3) is 5.49. The molecule has 3 nitrogen and oxygen atoms in total. The lowest BCUT2D eigenvalue weighted by Gasteiger charge is -2.10. The molecule has 2 aromatic rings. The quantitative estimate of drug-likeness (QED) is 0.859. The summed E-state index contributed by atoms with van der Waals surface area (Å²) < 4.78 is 37.3. The van der Waals surface area contributed by atoms with Gasteiger partial charge in [-0.25, -0.2) is 0 Å². The van der Waals surface area contributed by atoms with E-state index in [-0.39, 0.29) is 12.5 Å². The normalized spacial score (nSPS) is 11.1. The highest BCUT2D eigenvalue weighted by molar-refractivity contribution is 6.30. The van der Waals surface area contributed by atoms with Crippen molar-refractivity contribution in [1.29, 1.82) is 0 Å². The Morgan fingerprint density at radius 1 is 1.00 bits per heavy atom. The third-order valence-corrected chi connectivity index (χ3v) is 3.32. The van der Waals surface area contributed by atoms with E-state index in [1.807, 2.05) is 0 Å². The first-order chi connectivity index (χ1) is 10.8. The molecule has 2 aromatic carbocycles.